The summed E-state index contributed by atoms with van der Waals surface area (Å²) < 4.78 is 0. The number of hydrogen-bond acceptors (Lipinski definition) is 3. The van der Waals surface area contributed by atoms with Gasteiger partial charge in [-0.3, -0.25) is 10.2 Å². The molecule has 1 aromatic carbocycles. The van der Waals surface area contributed by atoms with Crippen LogP contribution in [0.25, 0.3) is 0 Å². The molecule has 0 saturated carbocycles. The van der Waals surface area contributed by atoms with Crippen LogP contribution in [0.4, 0.5) is 4.79 Å². The van der Waals surface area contributed by atoms with E-state index in [2.05, 4.69) is 11.6 Å². The lowest BCUT2D eigenvalue weighted by atomic mass is 10.2. The number of carbonyl (C=O) groups excluding carboxylic acids is 2. The predicted molar refractivity (Wildman–Crippen MR) is 48.7 cm³/mol. The molecule has 0 aromatic heterocycles. The molecule has 0 unspecified atom stereocenters. The Labute approximate surface area is 75.7 Å². The summed E-state index contributed by atoms with van der Waals surface area (Å²) in [6.45, 7) is 0. The average Bonchev–Trinajstić information content (AvgIpc) is 2.20. The maximum atomic E-state index is 10.0. The van der Waals surface area contributed by atoms with Gasteiger partial charge in [0.1, 0.15) is 6.29 Å². The van der Waals surface area contributed by atoms with E-state index in [9.17, 15) is 9.59 Å². The third-order valence-electron chi connectivity index (χ3n) is 1.08. The van der Waals surface area contributed by atoms with Gasteiger partial charge in [0.25, 0.3) is 0 Å². The van der Waals surface area contributed by atoms with Crippen LogP contribution in [0.15, 0.2) is 30.3 Å². The number of amides is 2. The highest BCUT2D eigenvalue weighted by atomic mass is 16.2. The Morgan fingerprint density at radius 3 is 2.00 bits per heavy atom. The van der Waals surface area contributed by atoms with Crippen LogP contribution >= 0.6 is 0 Å². The van der Waals surface area contributed by atoms with Crippen molar-refractivity contribution in [3.63, 3.8) is 0 Å². The molecule has 0 atom stereocenters. The van der Waals surface area contributed by atoms with Crippen LogP contribution in [0.5, 0.6) is 0 Å². The predicted octanol–water partition coefficient (Wildman–Crippen LogP) is 0.0275. The summed E-state index contributed by atoms with van der Waals surface area (Å²) in [4.78, 5) is 19.4. The second kappa shape index (κ2) is 6.81. The largest absolute Gasteiger partial charge is 0.351 e. The Balaban J connectivity index is 0.000000252. The maximum absolute atomic E-state index is 10.0. The van der Waals surface area contributed by atoms with E-state index in [0.717, 1.165) is 11.8 Å². The summed E-state index contributed by atoms with van der Waals surface area (Å²) in [7, 11) is 0. The van der Waals surface area contributed by atoms with Gasteiger partial charge in [-0.15, -0.1) is 0 Å². The van der Waals surface area contributed by atoms with Gasteiger partial charge in [0.2, 0.25) is 0 Å². The number of carbonyl (C=O) groups is 2. The Kier molecular flexibility index (Phi) is 5.82. The first-order valence-electron chi connectivity index (χ1n) is 3.47. The second-order valence-corrected chi connectivity index (χ2v) is 2.04. The van der Waals surface area contributed by atoms with Crippen LogP contribution in [-0.2, 0) is 0 Å². The van der Waals surface area contributed by atoms with Gasteiger partial charge < -0.3 is 5.73 Å². The average molecular weight is 181 g/mol. The number of aldehydes is 1. The number of nitrogens with one attached hydrogen (secondary N) is 1. The van der Waals surface area contributed by atoms with Crippen molar-refractivity contribution in [2.75, 3.05) is 0 Å². The van der Waals surface area contributed by atoms with Crippen LogP contribution in [-0.4, -0.2) is 12.3 Å². The summed E-state index contributed by atoms with van der Waals surface area (Å²) >= 11 is 0. The van der Waals surface area contributed by atoms with Crippen molar-refractivity contribution in [3.8, 4) is 0 Å². The van der Waals surface area contributed by atoms with E-state index < -0.39 is 6.03 Å². The zero-order valence-corrected chi connectivity index (χ0v) is 6.94. The molecule has 1 rings (SSSR count). The molecule has 0 saturated heterocycles. The lowest BCUT2D eigenvalue weighted by Gasteiger charge is -1.81. The van der Waals surface area contributed by atoms with Crippen molar-refractivity contribution in [1.29, 1.82) is 0 Å². The molecule has 0 heterocycles. The maximum Gasteiger partial charge on any atom is 0.326 e. The van der Waals surface area contributed by atoms with E-state index in [0.29, 0.717) is 0 Å². The van der Waals surface area contributed by atoms with Crippen LogP contribution < -0.4 is 17.0 Å². The van der Waals surface area contributed by atoms with Gasteiger partial charge in [-0.25, -0.2) is 10.6 Å². The standard InChI is InChI=1S/C7H6O.CH5N3O/c8-6-7-4-2-1-3-5-7;2-1(5)4-3/h1-6H;3H2,(H3,2,4,5). The first-order chi connectivity index (χ1) is 6.20. The summed E-state index contributed by atoms with van der Waals surface area (Å²) in [6, 6.07) is 8.38. The first kappa shape index (κ1) is 11.1. The molecule has 1 aromatic rings. The van der Waals surface area contributed by atoms with Crippen LogP contribution in [0, 0.1) is 0 Å². The van der Waals surface area contributed by atoms with Crippen LogP contribution in [0.1, 0.15) is 10.4 Å². The molecule has 13 heavy (non-hydrogen) atoms. The quantitative estimate of drug-likeness (QED) is 0.246. The molecule has 0 bridgehead atoms. The van der Waals surface area contributed by atoms with Gasteiger partial charge in [0.15, 0.2) is 0 Å². The first-order valence-corrected chi connectivity index (χ1v) is 3.47. The molecule has 0 aliphatic rings. The normalized spacial score (nSPS) is 7.77. The van der Waals surface area contributed by atoms with Gasteiger partial charge in [0.05, 0.1) is 0 Å². The number of rotatable bonds is 1. The molecule has 0 radical (unpaired) electrons. The highest BCUT2D eigenvalue weighted by Crippen LogP contribution is 1.91. The van der Waals surface area contributed by atoms with Gasteiger partial charge in [-0.05, 0) is 0 Å². The molecule has 2 amide bonds. The van der Waals surface area contributed by atoms with Gasteiger partial charge in [-0.1, -0.05) is 30.3 Å². The van der Waals surface area contributed by atoms with Crippen LogP contribution in [0.2, 0.25) is 0 Å². The lowest BCUT2D eigenvalue weighted by molar-refractivity contribution is 0.112. The fourth-order valence-electron chi connectivity index (χ4n) is 0.532. The van der Waals surface area contributed by atoms with Crippen molar-refractivity contribution >= 4 is 12.3 Å². The van der Waals surface area contributed by atoms with Crippen molar-refractivity contribution in [3.05, 3.63) is 35.9 Å². The van der Waals surface area contributed by atoms with E-state index in [4.69, 9.17) is 0 Å². The van der Waals surface area contributed by atoms with Gasteiger partial charge >= 0.3 is 6.03 Å². The number of primary amides is 1. The molecular weight excluding hydrogens is 170 g/mol. The third kappa shape index (κ3) is 6.52. The molecule has 5 N–H and O–H groups in total. The molecule has 0 aliphatic heterocycles. The highest BCUT2D eigenvalue weighted by Gasteiger charge is 1.80. The summed E-state index contributed by atoms with van der Waals surface area (Å²) in [6.07, 6.45) is 0.833. The van der Waals surface area contributed by atoms with E-state index in [1.165, 1.54) is 0 Å². The monoisotopic (exact) mass is 181 g/mol. The zero-order chi connectivity index (χ0) is 10.1. The number of benzene rings is 1. The van der Waals surface area contributed by atoms with Crippen molar-refractivity contribution in [1.82, 2.24) is 5.43 Å². The van der Waals surface area contributed by atoms with Crippen LogP contribution in [0.3, 0.4) is 0 Å². The number of nitrogens with two attached hydrogens (primary N) is 2. The number of hydrazine groups is 1. The lowest BCUT2D eigenvalue weighted by Crippen LogP contribution is -2.34. The van der Waals surface area contributed by atoms with Crippen molar-refractivity contribution in [2.24, 2.45) is 11.6 Å². The van der Waals surface area contributed by atoms with E-state index in [1.54, 1.807) is 17.6 Å². The van der Waals surface area contributed by atoms with E-state index in [-0.39, 0.29) is 0 Å². The van der Waals surface area contributed by atoms with Crippen molar-refractivity contribution in [2.45, 2.75) is 0 Å². The molecule has 0 aliphatic carbocycles. The Hall–Kier alpha value is -1.88. The van der Waals surface area contributed by atoms with Crippen molar-refractivity contribution < 1.29 is 9.59 Å². The molecule has 0 fully saturated rings. The Morgan fingerprint density at radius 2 is 1.77 bits per heavy atom. The molecule has 0 spiro atoms. The SMILES string of the molecule is NNC(N)=O.O=Cc1ccccc1. The minimum Gasteiger partial charge on any atom is -0.351 e. The van der Waals surface area contributed by atoms with Gasteiger partial charge in [-0.2, -0.15) is 0 Å². The molecular formula is C8H11N3O2. The number of hydrogen-bond donors (Lipinski definition) is 3. The van der Waals surface area contributed by atoms with E-state index in [1.807, 2.05) is 18.2 Å². The molecule has 5 heteroatoms. The zero-order valence-electron chi connectivity index (χ0n) is 6.94. The highest BCUT2D eigenvalue weighted by molar-refractivity contribution is 5.74. The summed E-state index contributed by atoms with van der Waals surface area (Å²) in [5.74, 6) is 4.45. The minimum absolute atomic E-state index is 0.718. The topological polar surface area (TPSA) is 98.2 Å². The van der Waals surface area contributed by atoms with E-state index >= 15 is 0 Å². The third-order valence-corrected chi connectivity index (χ3v) is 1.08. The molecule has 5 nitrogen and oxygen atoms in total. The smallest absolute Gasteiger partial charge is 0.326 e. The van der Waals surface area contributed by atoms with Gasteiger partial charge in [0, 0.05) is 5.56 Å². The fraction of sp³-hybridized carbons (Fsp3) is 0. The minimum atomic E-state index is -0.718. The summed E-state index contributed by atoms with van der Waals surface area (Å²) in [5, 5.41) is 0. The second-order valence-electron chi connectivity index (χ2n) is 2.04. The number of urea groups is 1. The fourth-order valence-corrected chi connectivity index (χ4v) is 0.532. The molecule has 70 valence electrons. The Bertz CT molecular complexity index is 261. The summed E-state index contributed by atoms with van der Waals surface area (Å²) in [5.41, 5.74) is 6.81. The Morgan fingerprint density at radius 1 is 1.31 bits per heavy atom.